The molecule has 0 radical (unpaired) electrons. The smallest absolute Gasteiger partial charge is 0.247 e. The molecule has 1 saturated carbocycles. The number of phenolic OH excluding ortho intramolecular Hbond substituents is 1. The largest absolute Gasteiger partial charge is 0.504 e. The quantitative estimate of drug-likeness (QED) is 0.148. The van der Waals surface area contributed by atoms with Crippen LogP contribution in [0.2, 0.25) is 10.0 Å². The van der Waals surface area contributed by atoms with Gasteiger partial charge in [0.15, 0.2) is 11.5 Å². The van der Waals surface area contributed by atoms with Crippen LogP contribution in [0.1, 0.15) is 19.4 Å². The van der Waals surface area contributed by atoms with Crippen molar-refractivity contribution in [3.63, 3.8) is 0 Å². The third-order valence-corrected chi connectivity index (χ3v) is 8.47. The number of hydrogen-bond acceptors (Lipinski definition) is 12. The van der Waals surface area contributed by atoms with Crippen LogP contribution in [0.4, 0.5) is 0 Å². The number of hydrogen-bond donors (Lipinski definition) is 7. The third kappa shape index (κ3) is 7.44. The third-order valence-electron chi connectivity index (χ3n) is 8.03. The maximum absolute atomic E-state index is 12.9. The predicted octanol–water partition coefficient (Wildman–Crippen LogP) is 1.28. The first-order valence-electron chi connectivity index (χ1n) is 14.4. The molecule has 250 valence electrons. The van der Waals surface area contributed by atoms with E-state index in [0.717, 1.165) is 0 Å². The molecule has 2 heterocycles. The van der Waals surface area contributed by atoms with Crippen LogP contribution in [0.3, 0.4) is 0 Å². The molecule has 1 aliphatic carbocycles. The predicted molar refractivity (Wildman–Crippen MR) is 163 cm³/mol. The normalized spacial score (nSPS) is 33.1. The van der Waals surface area contributed by atoms with Crippen LogP contribution in [0.5, 0.6) is 17.2 Å². The summed E-state index contributed by atoms with van der Waals surface area (Å²) in [6.45, 7) is 3.14. The number of aromatic hydroxyl groups is 1. The van der Waals surface area contributed by atoms with Gasteiger partial charge in [0.2, 0.25) is 12.2 Å². The fraction of sp³-hybridized carbons (Fsp3) is 0.452. The van der Waals surface area contributed by atoms with Crippen molar-refractivity contribution in [3.8, 4) is 17.2 Å². The number of phenols is 1. The zero-order valence-corrected chi connectivity index (χ0v) is 26.2. The Labute approximate surface area is 274 Å². The molecular formula is C31H35Cl2NO12. The van der Waals surface area contributed by atoms with E-state index in [0.29, 0.717) is 26.9 Å². The van der Waals surface area contributed by atoms with Crippen molar-refractivity contribution in [3.05, 3.63) is 69.2 Å². The minimum Gasteiger partial charge on any atom is -0.504 e. The van der Waals surface area contributed by atoms with Gasteiger partial charge < -0.3 is 59.6 Å². The van der Waals surface area contributed by atoms with Crippen LogP contribution in [0, 0.1) is 0 Å². The number of carbonyl (C=O) groups is 1. The summed E-state index contributed by atoms with van der Waals surface area (Å²) < 4.78 is 27.6. The van der Waals surface area contributed by atoms with Gasteiger partial charge in [0.1, 0.15) is 68.0 Å². The van der Waals surface area contributed by atoms with Gasteiger partial charge in [0.25, 0.3) is 0 Å². The summed E-state index contributed by atoms with van der Waals surface area (Å²) in [5.41, 5.74) is 1.13. The number of amides is 1. The molecule has 1 amide bonds. The Morgan fingerprint density at radius 1 is 0.935 bits per heavy atom. The fourth-order valence-corrected chi connectivity index (χ4v) is 6.01. The van der Waals surface area contributed by atoms with Gasteiger partial charge >= 0.3 is 0 Å². The summed E-state index contributed by atoms with van der Waals surface area (Å²) in [6.07, 6.45) is -7.90. The minimum absolute atomic E-state index is 0.0465. The van der Waals surface area contributed by atoms with Gasteiger partial charge in [0.05, 0.1) is 6.04 Å². The van der Waals surface area contributed by atoms with Gasteiger partial charge in [-0.05, 0) is 67.5 Å². The van der Waals surface area contributed by atoms with Crippen molar-refractivity contribution in [1.29, 1.82) is 0 Å². The highest BCUT2D eigenvalue weighted by atomic mass is 35.5. The summed E-state index contributed by atoms with van der Waals surface area (Å²) in [4.78, 5) is 12.9. The number of nitrogens with one attached hydrogen (secondary N) is 1. The Kier molecular flexibility index (Phi) is 10.8. The topological polar surface area (TPSA) is 197 Å². The number of ether oxygens (including phenoxy) is 5. The van der Waals surface area contributed by atoms with Crippen molar-refractivity contribution < 1.29 is 59.1 Å². The highest BCUT2D eigenvalue weighted by molar-refractivity contribution is 6.34. The standard InChI is InChI=1S/C31H35Cl2NO12/c1-13(5-6-42-18-10-16(32)9-17(33)11-18)27-25(39)26(40)31(46-27)45-20-4-3-15(8-19(20)35)7-14(2)30(41)34-21-22(36)24(38)29-28(23(21)37)43-12-44-29/h3-5,7-11,21-29,31,35-40H,6,12H2,1-2H3,(H,34,41)/b13-5+,14-7+/t21-,22+,23-,24-,25+,26+,27-,28+,29-,31-/m1/s1. The second-order valence-electron chi connectivity index (χ2n) is 11.3. The SMILES string of the molecule is C/C(=C\c1ccc(O[C@@H]2O[C@H](/C(C)=C/COc3cc(Cl)cc(Cl)c3)[C@@H](O)[C@@H]2O)c(O)c1)C(=O)N[C@@H]1[C@H](O)[C@@H](O)[C@H]2OCO[C@H]2[C@@H]1O. The summed E-state index contributed by atoms with van der Waals surface area (Å²) in [7, 11) is 0. The molecule has 15 heteroatoms. The first kappa shape index (κ1) is 34.4. The van der Waals surface area contributed by atoms with E-state index in [2.05, 4.69) is 5.32 Å². The molecule has 2 aromatic rings. The van der Waals surface area contributed by atoms with E-state index in [1.54, 1.807) is 31.2 Å². The molecule has 0 spiro atoms. The van der Waals surface area contributed by atoms with E-state index >= 15 is 0 Å². The molecule has 3 fully saturated rings. The van der Waals surface area contributed by atoms with E-state index in [1.807, 2.05) is 0 Å². The maximum atomic E-state index is 12.9. The highest BCUT2D eigenvalue weighted by Gasteiger charge is 2.53. The van der Waals surface area contributed by atoms with Crippen molar-refractivity contribution in [2.75, 3.05) is 13.4 Å². The molecule has 46 heavy (non-hydrogen) atoms. The van der Waals surface area contributed by atoms with Crippen LogP contribution in [-0.4, -0.2) is 111 Å². The van der Waals surface area contributed by atoms with Crippen molar-refractivity contribution in [1.82, 2.24) is 5.32 Å². The average molecular weight is 685 g/mol. The summed E-state index contributed by atoms with van der Waals surface area (Å²) in [6, 6.07) is 7.81. The summed E-state index contributed by atoms with van der Waals surface area (Å²) in [5.74, 6) is -0.563. The van der Waals surface area contributed by atoms with E-state index < -0.39 is 67.1 Å². The van der Waals surface area contributed by atoms with E-state index in [-0.39, 0.29) is 30.5 Å². The van der Waals surface area contributed by atoms with Crippen molar-refractivity contribution in [2.45, 2.75) is 75.0 Å². The maximum Gasteiger partial charge on any atom is 0.247 e. The Balaban J connectivity index is 1.18. The van der Waals surface area contributed by atoms with Gasteiger partial charge in [-0.15, -0.1) is 0 Å². The molecule has 2 aromatic carbocycles. The van der Waals surface area contributed by atoms with E-state index in [4.69, 9.17) is 46.9 Å². The number of halogens is 2. The van der Waals surface area contributed by atoms with Gasteiger partial charge in [-0.3, -0.25) is 4.79 Å². The molecule has 0 unspecified atom stereocenters. The first-order valence-corrected chi connectivity index (χ1v) is 15.1. The lowest BCUT2D eigenvalue weighted by Gasteiger charge is -2.41. The number of rotatable bonds is 9. The second kappa shape index (κ2) is 14.4. The Morgan fingerprint density at radius 3 is 2.28 bits per heavy atom. The van der Waals surface area contributed by atoms with Crippen LogP contribution >= 0.6 is 23.2 Å². The molecule has 7 N–H and O–H groups in total. The number of aliphatic hydroxyl groups excluding tert-OH is 5. The highest BCUT2D eigenvalue weighted by Crippen LogP contribution is 2.34. The van der Waals surface area contributed by atoms with Crippen LogP contribution in [0.15, 0.2) is 53.6 Å². The molecule has 0 aromatic heterocycles. The van der Waals surface area contributed by atoms with Crippen LogP contribution in [0.25, 0.3) is 6.08 Å². The number of benzene rings is 2. The Bertz CT molecular complexity index is 1470. The van der Waals surface area contributed by atoms with Gasteiger partial charge in [-0.2, -0.15) is 0 Å². The second-order valence-corrected chi connectivity index (χ2v) is 12.2. The Hall–Kier alpha value is -2.95. The zero-order chi connectivity index (χ0) is 33.3. The van der Waals surface area contributed by atoms with Crippen molar-refractivity contribution in [2.24, 2.45) is 0 Å². The average Bonchev–Trinajstić information content (AvgIpc) is 3.60. The van der Waals surface area contributed by atoms with E-state index in [9.17, 15) is 35.4 Å². The van der Waals surface area contributed by atoms with Gasteiger partial charge in [-0.25, -0.2) is 0 Å². The summed E-state index contributed by atoms with van der Waals surface area (Å²) >= 11 is 12.0. The summed E-state index contributed by atoms with van der Waals surface area (Å²) in [5, 5.41) is 66.5. The van der Waals surface area contributed by atoms with Gasteiger partial charge in [-0.1, -0.05) is 29.3 Å². The number of carbonyl (C=O) groups excluding carboxylic acids is 1. The minimum atomic E-state index is -1.50. The van der Waals surface area contributed by atoms with Gasteiger partial charge in [0, 0.05) is 15.6 Å². The molecule has 13 nitrogen and oxygen atoms in total. The van der Waals surface area contributed by atoms with Crippen LogP contribution in [-0.2, 0) is 19.0 Å². The Morgan fingerprint density at radius 2 is 1.61 bits per heavy atom. The molecule has 2 saturated heterocycles. The van der Waals surface area contributed by atoms with E-state index in [1.165, 1.54) is 31.2 Å². The lowest BCUT2D eigenvalue weighted by atomic mass is 9.83. The molecule has 0 bridgehead atoms. The lowest BCUT2D eigenvalue weighted by Crippen LogP contribution is -2.67. The molecular weight excluding hydrogens is 649 g/mol. The van der Waals surface area contributed by atoms with Crippen molar-refractivity contribution >= 4 is 35.2 Å². The molecule has 2 aliphatic heterocycles. The lowest BCUT2D eigenvalue weighted by molar-refractivity contribution is -0.155. The fourth-order valence-electron chi connectivity index (χ4n) is 5.50. The first-order chi connectivity index (χ1) is 21.8. The molecule has 5 rings (SSSR count). The monoisotopic (exact) mass is 683 g/mol. The number of fused-ring (bicyclic) bond motifs is 1. The number of aliphatic hydroxyl groups is 5. The zero-order valence-electron chi connectivity index (χ0n) is 24.7. The molecule has 10 atom stereocenters. The van der Waals surface area contributed by atoms with Crippen LogP contribution < -0.4 is 14.8 Å². The molecule has 3 aliphatic rings.